The van der Waals surface area contributed by atoms with Crippen LogP contribution in [0.2, 0.25) is 0 Å². The Labute approximate surface area is 188 Å². The zero-order valence-corrected chi connectivity index (χ0v) is 19.0. The van der Waals surface area contributed by atoms with Crippen LogP contribution >= 0.6 is 11.3 Å². The number of carbonyl (C=O) groups excluding carboxylic acids is 1. The molecule has 1 aromatic heterocycles. The van der Waals surface area contributed by atoms with E-state index in [4.69, 9.17) is 9.47 Å². The summed E-state index contributed by atoms with van der Waals surface area (Å²) in [7, 11) is 6.93. The first kappa shape index (κ1) is 23.8. The molecular weight excluding hydrogens is 443 g/mol. The van der Waals surface area contributed by atoms with Gasteiger partial charge in [0.2, 0.25) is 0 Å². The number of amides is 1. The van der Waals surface area contributed by atoms with E-state index >= 15 is 0 Å². The number of thiazole rings is 1. The van der Waals surface area contributed by atoms with Crippen LogP contribution in [0.15, 0.2) is 36.4 Å². The zero-order valence-electron chi connectivity index (χ0n) is 18.2. The number of hydrogen-bond acceptors (Lipinski definition) is 6. The lowest BCUT2D eigenvalue weighted by Crippen LogP contribution is -2.33. The third-order valence-corrected chi connectivity index (χ3v) is 5.91. The first-order chi connectivity index (χ1) is 15.2. The second-order valence-corrected chi connectivity index (χ2v) is 8.31. The molecule has 3 rings (SSSR count). The number of anilines is 1. The fourth-order valence-electron chi connectivity index (χ4n) is 3.18. The van der Waals surface area contributed by atoms with E-state index in [1.165, 1.54) is 35.5 Å². The summed E-state index contributed by atoms with van der Waals surface area (Å²) in [6.45, 7) is 1.08. The summed E-state index contributed by atoms with van der Waals surface area (Å²) < 4.78 is 50.3. The molecule has 0 atom stereocenters. The molecule has 0 saturated heterocycles. The number of benzene rings is 2. The molecule has 0 saturated carbocycles. The maximum absolute atomic E-state index is 13.3. The summed E-state index contributed by atoms with van der Waals surface area (Å²) in [5, 5.41) is 0.423. The standard InChI is InChI=1S/C22H24F3N3O3S/c1-27(2)12-5-13-28(20(29)14-6-8-15(9-7-14)22(23,24)25)21-26-18-16(30-3)10-11-17(31-4)19(18)32-21/h6-11H,5,12-13H2,1-4H3. The van der Waals surface area contributed by atoms with Gasteiger partial charge in [-0.2, -0.15) is 13.2 Å². The molecule has 10 heteroatoms. The van der Waals surface area contributed by atoms with Gasteiger partial charge in [-0.05, 0) is 63.5 Å². The van der Waals surface area contributed by atoms with Crippen LogP contribution in [0.4, 0.5) is 18.3 Å². The molecule has 0 aliphatic rings. The number of fused-ring (bicyclic) bond motifs is 1. The highest BCUT2D eigenvalue weighted by atomic mass is 32.1. The Hall–Kier alpha value is -2.85. The molecule has 2 aromatic carbocycles. The summed E-state index contributed by atoms with van der Waals surface area (Å²) in [6, 6.07) is 7.71. The van der Waals surface area contributed by atoms with Crippen molar-refractivity contribution in [1.82, 2.24) is 9.88 Å². The predicted molar refractivity (Wildman–Crippen MR) is 119 cm³/mol. The Bertz CT molecular complexity index is 1040. The van der Waals surface area contributed by atoms with Gasteiger partial charge in [-0.1, -0.05) is 11.3 Å². The molecule has 0 bridgehead atoms. The Kier molecular flexibility index (Phi) is 7.25. The van der Waals surface area contributed by atoms with Crippen LogP contribution in [0.5, 0.6) is 11.5 Å². The first-order valence-corrected chi connectivity index (χ1v) is 10.6. The lowest BCUT2D eigenvalue weighted by Gasteiger charge is -2.21. The number of aromatic nitrogens is 1. The van der Waals surface area contributed by atoms with E-state index in [1.54, 1.807) is 19.2 Å². The second kappa shape index (κ2) is 9.74. The van der Waals surface area contributed by atoms with E-state index in [9.17, 15) is 18.0 Å². The molecule has 0 spiro atoms. The van der Waals surface area contributed by atoms with Crippen molar-refractivity contribution < 1.29 is 27.4 Å². The van der Waals surface area contributed by atoms with Gasteiger partial charge in [-0.15, -0.1) is 0 Å². The summed E-state index contributed by atoms with van der Waals surface area (Å²) in [6.07, 6.45) is -3.81. The Morgan fingerprint density at radius 1 is 1.00 bits per heavy atom. The van der Waals surface area contributed by atoms with Gasteiger partial charge in [0.15, 0.2) is 5.13 Å². The maximum Gasteiger partial charge on any atom is 0.416 e. The second-order valence-electron chi connectivity index (χ2n) is 7.33. The summed E-state index contributed by atoms with van der Waals surface area (Å²) in [5.74, 6) is 0.716. The minimum absolute atomic E-state index is 0.154. The van der Waals surface area contributed by atoms with Gasteiger partial charge in [0.05, 0.1) is 19.8 Å². The van der Waals surface area contributed by atoms with E-state index in [2.05, 4.69) is 4.98 Å². The van der Waals surface area contributed by atoms with Gasteiger partial charge in [0, 0.05) is 12.1 Å². The van der Waals surface area contributed by atoms with Crippen molar-refractivity contribution in [3.05, 3.63) is 47.5 Å². The van der Waals surface area contributed by atoms with E-state index in [-0.39, 0.29) is 5.56 Å². The number of methoxy groups -OCH3 is 2. The number of alkyl halides is 3. The van der Waals surface area contributed by atoms with Crippen LogP contribution in [-0.2, 0) is 6.18 Å². The lowest BCUT2D eigenvalue weighted by molar-refractivity contribution is -0.137. The first-order valence-electron chi connectivity index (χ1n) is 9.81. The van der Waals surface area contributed by atoms with Gasteiger partial charge in [-0.25, -0.2) is 4.98 Å². The monoisotopic (exact) mass is 467 g/mol. The van der Waals surface area contributed by atoms with Crippen molar-refractivity contribution in [1.29, 1.82) is 0 Å². The van der Waals surface area contributed by atoms with Crippen LogP contribution in [0.25, 0.3) is 10.2 Å². The highest BCUT2D eigenvalue weighted by molar-refractivity contribution is 7.22. The summed E-state index contributed by atoms with van der Waals surface area (Å²) in [5.41, 5.74) is -0.0895. The molecule has 0 N–H and O–H groups in total. The van der Waals surface area contributed by atoms with E-state index in [1.807, 2.05) is 19.0 Å². The average molecular weight is 468 g/mol. The molecule has 0 fully saturated rings. The van der Waals surface area contributed by atoms with Crippen LogP contribution in [0, 0.1) is 0 Å². The van der Waals surface area contributed by atoms with Crippen molar-refractivity contribution in [3.63, 3.8) is 0 Å². The highest BCUT2D eigenvalue weighted by Crippen LogP contribution is 2.40. The number of rotatable bonds is 8. The van der Waals surface area contributed by atoms with Crippen LogP contribution in [0.1, 0.15) is 22.3 Å². The average Bonchev–Trinajstić information content (AvgIpc) is 3.20. The molecule has 1 amide bonds. The van der Waals surface area contributed by atoms with E-state index < -0.39 is 17.6 Å². The number of halogens is 3. The molecule has 0 unspecified atom stereocenters. The van der Waals surface area contributed by atoms with Crippen molar-refractivity contribution in [2.24, 2.45) is 0 Å². The molecule has 0 aliphatic heterocycles. The molecule has 32 heavy (non-hydrogen) atoms. The Morgan fingerprint density at radius 3 is 2.19 bits per heavy atom. The fraction of sp³-hybridized carbons (Fsp3) is 0.364. The van der Waals surface area contributed by atoms with Gasteiger partial charge in [0.1, 0.15) is 21.7 Å². The molecule has 3 aromatic rings. The molecule has 0 radical (unpaired) electrons. The highest BCUT2D eigenvalue weighted by Gasteiger charge is 2.31. The fourth-order valence-corrected chi connectivity index (χ4v) is 4.28. The quantitative estimate of drug-likeness (QED) is 0.470. The Morgan fingerprint density at radius 2 is 1.62 bits per heavy atom. The van der Waals surface area contributed by atoms with Crippen LogP contribution in [0.3, 0.4) is 0 Å². The summed E-state index contributed by atoms with van der Waals surface area (Å²) >= 11 is 1.27. The van der Waals surface area contributed by atoms with Crippen LogP contribution < -0.4 is 14.4 Å². The number of nitrogens with zero attached hydrogens (tertiary/aromatic N) is 3. The van der Waals surface area contributed by atoms with Crippen molar-refractivity contribution in [2.45, 2.75) is 12.6 Å². The smallest absolute Gasteiger partial charge is 0.416 e. The SMILES string of the molecule is COc1ccc(OC)c2sc(N(CCCN(C)C)C(=O)c3ccc(C(F)(F)F)cc3)nc12. The normalized spacial score (nSPS) is 11.8. The topological polar surface area (TPSA) is 54.9 Å². The van der Waals surface area contributed by atoms with Crippen LogP contribution in [-0.4, -0.2) is 57.2 Å². The summed E-state index contributed by atoms with van der Waals surface area (Å²) in [4.78, 5) is 21.4. The molecule has 172 valence electrons. The van der Waals surface area contributed by atoms with Crippen molar-refractivity contribution in [3.8, 4) is 11.5 Å². The van der Waals surface area contributed by atoms with Gasteiger partial charge >= 0.3 is 6.18 Å². The minimum atomic E-state index is -4.47. The minimum Gasteiger partial charge on any atom is -0.495 e. The number of carbonyl (C=O) groups is 1. The maximum atomic E-state index is 13.3. The van der Waals surface area contributed by atoms with Gasteiger partial charge in [-0.3, -0.25) is 9.69 Å². The largest absolute Gasteiger partial charge is 0.495 e. The molecule has 6 nitrogen and oxygen atoms in total. The molecule has 0 aliphatic carbocycles. The zero-order chi connectivity index (χ0) is 23.5. The van der Waals surface area contributed by atoms with Gasteiger partial charge in [0.25, 0.3) is 5.91 Å². The predicted octanol–water partition coefficient (Wildman–Crippen LogP) is 4.93. The van der Waals surface area contributed by atoms with Gasteiger partial charge < -0.3 is 14.4 Å². The van der Waals surface area contributed by atoms with E-state index in [0.717, 1.165) is 23.4 Å². The van der Waals surface area contributed by atoms with Crippen molar-refractivity contribution in [2.75, 3.05) is 46.3 Å². The van der Waals surface area contributed by atoms with E-state index in [0.29, 0.717) is 35.1 Å². The number of hydrogen-bond donors (Lipinski definition) is 0. The third-order valence-electron chi connectivity index (χ3n) is 4.82. The number of ether oxygens (including phenoxy) is 2. The Balaban J connectivity index is 2.01. The van der Waals surface area contributed by atoms with Crippen molar-refractivity contribution >= 4 is 32.6 Å². The third kappa shape index (κ3) is 5.13. The molecule has 1 heterocycles. The lowest BCUT2D eigenvalue weighted by atomic mass is 10.1. The molecular formula is C22H24F3N3O3S.